The number of likely N-dealkylation sites (tertiary alicyclic amines) is 1. The first-order chi connectivity index (χ1) is 12.6. The number of thiazole rings is 1. The van der Waals surface area contributed by atoms with Crippen LogP contribution in [0.25, 0.3) is 0 Å². The lowest BCUT2D eigenvalue weighted by molar-refractivity contribution is -0.131. The Bertz CT molecular complexity index is 646. The van der Waals surface area contributed by atoms with E-state index in [2.05, 4.69) is 37.4 Å². The van der Waals surface area contributed by atoms with Gasteiger partial charge in [0.1, 0.15) is 0 Å². The van der Waals surface area contributed by atoms with Gasteiger partial charge in [0.2, 0.25) is 5.91 Å². The number of hydrogen-bond donors (Lipinski definition) is 1. The van der Waals surface area contributed by atoms with Gasteiger partial charge in [-0.15, -0.1) is 11.3 Å². The van der Waals surface area contributed by atoms with E-state index in [0.29, 0.717) is 12.3 Å². The summed E-state index contributed by atoms with van der Waals surface area (Å²) in [5.41, 5.74) is 1.28. The van der Waals surface area contributed by atoms with Crippen molar-refractivity contribution < 1.29 is 4.79 Å². The van der Waals surface area contributed by atoms with E-state index in [1.54, 1.807) is 11.3 Å². The van der Waals surface area contributed by atoms with Crippen LogP contribution in [0.5, 0.6) is 0 Å². The molecule has 0 bridgehead atoms. The van der Waals surface area contributed by atoms with E-state index in [1.165, 1.54) is 12.8 Å². The van der Waals surface area contributed by atoms with Crippen molar-refractivity contribution in [2.45, 2.75) is 44.2 Å². The molecular formula is C19H31N5OS. The molecule has 3 fully saturated rings. The van der Waals surface area contributed by atoms with Crippen molar-refractivity contribution in [1.82, 2.24) is 19.7 Å². The number of aromatic nitrogens is 1. The third-order valence-electron chi connectivity index (χ3n) is 6.41. The van der Waals surface area contributed by atoms with Crippen LogP contribution in [-0.2, 0) is 11.3 Å². The van der Waals surface area contributed by atoms with Crippen LogP contribution in [0.2, 0.25) is 0 Å². The highest BCUT2D eigenvalue weighted by Gasteiger charge is 2.42. The lowest BCUT2D eigenvalue weighted by Crippen LogP contribution is -2.60. The number of anilines is 1. The number of rotatable bonds is 5. The number of hydrogen-bond acceptors (Lipinski definition) is 6. The number of nitrogens with one attached hydrogen (secondary N) is 1. The van der Waals surface area contributed by atoms with Crippen molar-refractivity contribution in [3.05, 3.63) is 11.1 Å². The molecule has 1 spiro atoms. The quantitative estimate of drug-likeness (QED) is 0.852. The van der Waals surface area contributed by atoms with Gasteiger partial charge < -0.3 is 10.2 Å². The third-order valence-corrected chi connectivity index (χ3v) is 7.32. The minimum absolute atomic E-state index is 0.133. The van der Waals surface area contributed by atoms with Crippen molar-refractivity contribution >= 4 is 22.4 Å². The largest absolute Gasteiger partial charge is 0.365 e. The van der Waals surface area contributed by atoms with Gasteiger partial charge in [0.25, 0.3) is 0 Å². The smallest absolute Gasteiger partial charge is 0.222 e. The van der Waals surface area contributed by atoms with Crippen molar-refractivity contribution in [3.8, 4) is 0 Å². The Morgan fingerprint density at radius 3 is 2.88 bits per heavy atom. The van der Waals surface area contributed by atoms with E-state index in [-0.39, 0.29) is 5.54 Å². The summed E-state index contributed by atoms with van der Waals surface area (Å²) in [5.74, 6) is 1.15. The molecule has 7 heteroatoms. The fourth-order valence-corrected chi connectivity index (χ4v) is 5.10. The van der Waals surface area contributed by atoms with E-state index in [4.69, 9.17) is 0 Å². The predicted molar refractivity (Wildman–Crippen MR) is 105 cm³/mol. The molecule has 1 aromatic rings. The summed E-state index contributed by atoms with van der Waals surface area (Å²) in [5, 5.41) is 6.27. The van der Waals surface area contributed by atoms with Crippen molar-refractivity contribution in [2.75, 3.05) is 52.1 Å². The van der Waals surface area contributed by atoms with Crippen molar-refractivity contribution in [1.29, 1.82) is 0 Å². The zero-order valence-electron chi connectivity index (χ0n) is 16.0. The molecule has 1 aliphatic carbocycles. The highest BCUT2D eigenvalue weighted by molar-refractivity contribution is 7.13. The first-order valence-electron chi connectivity index (χ1n) is 9.91. The van der Waals surface area contributed by atoms with Crippen molar-refractivity contribution in [3.63, 3.8) is 0 Å². The van der Waals surface area contributed by atoms with Gasteiger partial charge in [0.05, 0.1) is 5.69 Å². The lowest BCUT2D eigenvalue weighted by Gasteiger charge is -2.49. The maximum atomic E-state index is 12.6. The van der Waals surface area contributed by atoms with Gasteiger partial charge in [-0.25, -0.2) is 4.98 Å². The average molecular weight is 378 g/mol. The van der Waals surface area contributed by atoms with E-state index in [9.17, 15) is 4.79 Å². The maximum absolute atomic E-state index is 12.6. The average Bonchev–Trinajstić information content (AvgIpc) is 3.37. The molecule has 4 rings (SSSR count). The molecule has 0 unspecified atom stereocenters. The van der Waals surface area contributed by atoms with Crippen LogP contribution in [0.3, 0.4) is 0 Å². The number of likely N-dealkylation sites (N-methyl/N-ethyl adjacent to an activating group) is 1. The predicted octanol–water partition coefficient (Wildman–Crippen LogP) is 2.09. The van der Waals surface area contributed by atoms with Crippen LogP contribution in [0.4, 0.5) is 5.13 Å². The monoisotopic (exact) mass is 377 g/mol. The van der Waals surface area contributed by atoms with Crippen LogP contribution in [0, 0.1) is 5.92 Å². The molecule has 6 nitrogen and oxygen atoms in total. The normalized spacial score (nSPS) is 28.5. The van der Waals surface area contributed by atoms with Gasteiger partial charge in [-0.1, -0.05) is 0 Å². The molecule has 2 saturated heterocycles. The molecule has 3 aliphatic rings. The zero-order valence-corrected chi connectivity index (χ0v) is 16.9. The molecule has 1 aromatic heterocycles. The van der Waals surface area contributed by atoms with Gasteiger partial charge in [0, 0.05) is 63.7 Å². The highest BCUT2D eigenvalue weighted by atomic mass is 32.1. The second-order valence-corrected chi connectivity index (χ2v) is 9.14. The Morgan fingerprint density at radius 2 is 2.15 bits per heavy atom. The molecule has 1 saturated carbocycles. The minimum Gasteiger partial charge on any atom is -0.365 e. The van der Waals surface area contributed by atoms with Gasteiger partial charge in [-0.3, -0.25) is 14.6 Å². The number of carbonyl (C=O) groups excluding carboxylic acids is 1. The Hall–Kier alpha value is -1.18. The Morgan fingerprint density at radius 1 is 1.31 bits per heavy atom. The maximum Gasteiger partial charge on any atom is 0.222 e. The summed E-state index contributed by atoms with van der Waals surface area (Å²) >= 11 is 1.67. The summed E-state index contributed by atoms with van der Waals surface area (Å²) in [6.45, 7) is 6.01. The molecule has 2 aliphatic heterocycles. The molecule has 26 heavy (non-hydrogen) atoms. The number of nitrogens with zero attached hydrogens (tertiary/aromatic N) is 4. The second-order valence-electron chi connectivity index (χ2n) is 8.28. The lowest BCUT2D eigenvalue weighted by atomic mass is 9.86. The SMILES string of the molecule is CNc1nc(CN2CCN(C)[C@@]3(CCC(=O)N(CC4CC4)CC3)C2)cs1. The highest BCUT2D eigenvalue weighted by Crippen LogP contribution is 2.35. The Kier molecular flexibility index (Phi) is 5.21. The van der Waals surface area contributed by atoms with E-state index >= 15 is 0 Å². The molecule has 0 aromatic carbocycles. The topological polar surface area (TPSA) is 51.7 Å². The first kappa shape index (κ1) is 18.2. The molecule has 1 atom stereocenters. The molecular weight excluding hydrogens is 346 g/mol. The third kappa shape index (κ3) is 3.89. The van der Waals surface area contributed by atoms with Gasteiger partial charge >= 0.3 is 0 Å². The van der Waals surface area contributed by atoms with E-state index < -0.39 is 0 Å². The van der Waals surface area contributed by atoms with Gasteiger partial charge in [-0.05, 0) is 38.6 Å². The summed E-state index contributed by atoms with van der Waals surface area (Å²) in [4.78, 5) is 24.5. The summed E-state index contributed by atoms with van der Waals surface area (Å²) in [7, 11) is 4.17. The van der Waals surface area contributed by atoms with Crippen LogP contribution in [0.1, 0.15) is 37.8 Å². The second kappa shape index (κ2) is 7.44. The zero-order chi connectivity index (χ0) is 18.1. The first-order valence-corrected chi connectivity index (χ1v) is 10.8. The summed E-state index contributed by atoms with van der Waals surface area (Å²) < 4.78 is 0. The number of piperazine rings is 1. The van der Waals surface area contributed by atoms with Crippen molar-refractivity contribution in [2.24, 2.45) is 5.92 Å². The number of carbonyl (C=O) groups is 1. The fraction of sp³-hybridized carbons (Fsp3) is 0.789. The molecule has 3 heterocycles. The number of amides is 1. The fourth-order valence-electron chi connectivity index (χ4n) is 4.44. The van der Waals surface area contributed by atoms with Crippen LogP contribution in [-0.4, -0.2) is 77.9 Å². The van der Waals surface area contributed by atoms with Gasteiger partial charge in [0.15, 0.2) is 5.13 Å². The standard InChI is InChI=1S/C19H31N5OS/c1-20-18-21-16(13-26-18)12-23-10-9-22(2)19(14-23)6-5-17(25)24(8-7-19)11-15-3-4-15/h13,15H,3-12,14H2,1-2H3,(H,20,21)/t19-/m1/s1. The molecule has 1 N–H and O–H groups in total. The summed E-state index contributed by atoms with van der Waals surface area (Å²) in [6, 6.07) is 0. The Balaban J connectivity index is 1.42. The van der Waals surface area contributed by atoms with E-state index in [1.807, 2.05) is 7.05 Å². The summed E-state index contributed by atoms with van der Waals surface area (Å²) in [6.07, 6.45) is 5.40. The van der Waals surface area contributed by atoms with E-state index in [0.717, 1.165) is 68.9 Å². The molecule has 0 radical (unpaired) electrons. The van der Waals surface area contributed by atoms with Gasteiger partial charge in [-0.2, -0.15) is 0 Å². The minimum atomic E-state index is 0.133. The van der Waals surface area contributed by atoms with Crippen LogP contribution < -0.4 is 5.32 Å². The van der Waals surface area contributed by atoms with Crippen LogP contribution >= 0.6 is 11.3 Å². The Labute approximate surface area is 160 Å². The molecule has 144 valence electrons. The van der Waals surface area contributed by atoms with Crippen LogP contribution in [0.15, 0.2) is 5.38 Å². The molecule has 1 amide bonds.